The maximum atomic E-state index is 8.74. The number of hydrogen-bond acceptors (Lipinski definition) is 6. The fourth-order valence-electron chi connectivity index (χ4n) is 0. The van der Waals surface area contributed by atoms with E-state index in [1.54, 1.807) is 11.0 Å². The lowest BCUT2D eigenvalue weighted by molar-refractivity contribution is 0.378. The third-order valence-electron chi connectivity index (χ3n) is 0.422. The van der Waals surface area contributed by atoms with E-state index in [0.717, 1.165) is 0 Å². The SMILES string of the molecule is CN(C)C=S.CN(C)C=S.O=S(=O)(O)O.O=S(=O)(O)O. The molecule has 10 nitrogen and oxygen atoms in total. The Labute approximate surface area is 129 Å². The van der Waals surface area contributed by atoms with Crippen LogP contribution in [0.4, 0.5) is 0 Å². The first-order valence-electron chi connectivity index (χ1n) is 4.17. The van der Waals surface area contributed by atoms with E-state index >= 15 is 0 Å². The molecule has 20 heavy (non-hydrogen) atoms. The lowest BCUT2D eigenvalue weighted by Gasteiger charge is -1.96. The molecule has 124 valence electrons. The van der Waals surface area contributed by atoms with Crippen molar-refractivity contribution in [1.29, 1.82) is 0 Å². The molecule has 4 N–H and O–H groups in total. The van der Waals surface area contributed by atoms with Gasteiger partial charge in [0.2, 0.25) is 0 Å². The van der Waals surface area contributed by atoms with Gasteiger partial charge in [-0.05, 0) is 0 Å². The van der Waals surface area contributed by atoms with Crippen molar-refractivity contribution in [2.75, 3.05) is 28.2 Å². The van der Waals surface area contributed by atoms with Gasteiger partial charge < -0.3 is 9.80 Å². The maximum absolute atomic E-state index is 8.74. The minimum absolute atomic E-state index is 1.58. The highest BCUT2D eigenvalue weighted by molar-refractivity contribution is 7.80. The molecule has 0 aliphatic carbocycles. The van der Waals surface area contributed by atoms with Crippen LogP contribution in [0, 0.1) is 0 Å². The van der Waals surface area contributed by atoms with Gasteiger partial charge in [-0.15, -0.1) is 0 Å². The lowest BCUT2D eigenvalue weighted by Crippen LogP contribution is -2.04. The second-order valence-corrected chi connectivity index (χ2v) is 5.25. The summed E-state index contributed by atoms with van der Waals surface area (Å²) in [4.78, 5) is 3.63. The molecule has 14 heteroatoms. The standard InChI is InChI=1S/2C3H7NS.2H2O4S/c2*1-4(2)3-5;2*1-5(2,3)4/h2*3H,1-2H3;2*(H2,1,2,3,4). The van der Waals surface area contributed by atoms with E-state index < -0.39 is 20.8 Å². The van der Waals surface area contributed by atoms with E-state index in [-0.39, 0.29) is 0 Å². The van der Waals surface area contributed by atoms with Gasteiger partial charge in [0.05, 0.1) is 11.0 Å². The molecular weight excluding hydrogens is 356 g/mol. The molecule has 0 fully saturated rings. The molecule has 0 saturated heterocycles. The summed E-state index contributed by atoms with van der Waals surface area (Å²) in [6.45, 7) is 0. The molecular formula is C6H18N2O8S4. The van der Waals surface area contributed by atoms with Crippen LogP contribution in [-0.4, -0.2) is 84.0 Å². The summed E-state index contributed by atoms with van der Waals surface area (Å²) >= 11 is 8.95. The highest BCUT2D eigenvalue weighted by Gasteiger charge is 1.85. The third-order valence-corrected chi connectivity index (χ3v) is 1.26. The summed E-state index contributed by atoms with van der Waals surface area (Å²) in [5.41, 5.74) is 3.17. The Bertz CT molecular complexity index is 372. The fraction of sp³-hybridized carbons (Fsp3) is 0.667. The Morgan fingerprint density at radius 1 is 0.700 bits per heavy atom. The van der Waals surface area contributed by atoms with E-state index in [4.69, 9.17) is 35.0 Å². The van der Waals surface area contributed by atoms with Gasteiger partial charge in [0, 0.05) is 28.2 Å². The molecule has 0 bridgehead atoms. The van der Waals surface area contributed by atoms with E-state index in [2.05, 4.69) is 24.4 Å². The highest BCUT2D eigenvalue weighted by Crippen LogP contribution is 1.60. The number of nitrogens with zero attached hydrogens (tertiary/aromatic N) is 2. The van der Waals surface area contributed by atoms with Gasteiger partial charge >= 0.3 is 20.8 Å². The lowest BCUT2D eigenvalue weighted by atomic mass is 11.0. The summed E-state index contributed by atoms with van der Waals surface area (Å²) in [5.74, 6) is 0. The smallest absolute Gasteiger partial charge is 0.375 e. The second kappa shape index (κ2) is 14.9. The van der Waals surface area contributed by atoms with Gasteiger partial charge in [-0.2, -0.15) is 16.8 Å². The summed E-state index contributed by atoms with van der Waals surface area (Å²) < 4.78 is 63.2. The first-order valence-corrected chi connectivity index (χ1v) is 7.91. The van der Waals surface area contributed by atoms with Gasteiger partial charge in [0.1, 0.15) is 0 Å². The normalized spacial score (nSPS) is 9.20. The minimum atomic E-state index is -4.67. The van der Waals surface area contributed by atoms with Crippen LogP contribution < -0.4 is 0 Å². The van der Waals surface area contributed by atoms with Crippen molar-refractivity contribution < 1.29 is 35.0 Å². The minimum Gasteiger partial charge on any atom is -0.375 e. The molecule has 0 heterocycles. The quantitative estimate of drug-likeness (QED) is 0.370. The van der Waals surface area contributed by atoms with Crippen LogP contribution in [-0.2, 0) is 20.8 Å². The van der Waals surface area contributed by atoms with E-state index in [9.17, 15) is 0 Å². The fourth-order valence-corrected chi connectivity index (χ4v) is 0. The van der Waals surface area contributed by atoms with Crippen LogP contribution in [0.5, 0.6) is 0 Å². The summed E-state index contributed by atoms with van der Waals surface area (Å²) in [6.07, 6.45) is 0. The average Bonchev–Trinajstić information content (AvgIpc) is 2.13. The van der Waals surface area contributed by atoms with Crippen LogP contribution >= 0.6 is 24.4 Å². The highest BCUT2D eigenvalue weighted by atomic mass is 32.3. The predicted molar refractivity (Wildman–Crippen MR) is 83.0 cm³/mol. The van der Waals surface area contributed by atoms with Gasteiger partial charge in [-0.3, -0.25) is 18.2 Å². The number of rotatable bonds is 2. The first kappa shape index (κ1) is 27.8. The molecule has 0 unspecified atom stereocenters. The maximum Gasteiger partial charge on any atom is 0.394 e. The molecule has 0 aromatic heterocycles. The Morgan fingerprint density at radius 3 is 0.750 bits per heavy atom. The molecule has 0 radical (unpaired) electrons. The molecule has 0 rings (SSSR count). The van der Waals surface area contributed by atoms with E-state index in [1.165, 1.54) is 0 Å². The Balaban J connectivity index is -0.0000000853. The van der Waals surface area contributed by atoms with Gasteiger partial charge in [0.25, 0.3) is 0 Å². The third kappa shape index (κ3) is 386. The van der Waals surface area contributed by atoms with Crippen molar-refractivity contribution in [2.45, 2.75) is 0 Å². The number of hydrogen-bond donors (Lipinski definition) is 4. The van der Waals surface area contributed by atoms with Crippen molar-refractivity contribution in [3.8, 4) is 0 Å². The molecule has 0 amide bonds. The van der Waals surface area contributed by atoms with Crippen LogP contribution in [0.3, 0.4) is 0 Å². The van der Waals surface area contributed by atoms with Crippen molar-refractivity contribution in [3.05, 3.63) is 0 Å². The Kier molecular flexibility index (Phi) is 20.7. The van der Waals surface area contributed by atoms with Crippen LogP contribution in [0.1, 0.15) is 0 Å². The summed E-state index contributed by atoms with van der Waals surface area (Å²) in [5, 5.41) is 0. The molecule has 0 aliphatic heterocycles. The first-order chi connectivity index (χ1) is 8.54. The zero-order chi connectivity index (χ0) is 17.6. The molecule has 0 saturated carbocycles. The van der Waals surface area contributed by atoms with Crippen molar-refractivity contribution in [3.63, 3.8) is 0 Å². The van der Waals surface area contributed by atoms with Gasteiger partial charge in [-0.25, -0.2) is 0 Å². The van der Waals surface area contributed by atoms with E-state index in [1.807, 2.05) is 38.0 Å². The average molecular weight is 374 g/mol. The predicted octanol–water partition coefficient (Wildman–Crippen LogP) is -0.295. The monoisotopic (exact) mass is 374 g/mol. The van der Waals surface area contributed by atoms with Gasteiger partial charge in [-0.1, -0.05) is 24.4 Å². The van der Waals surface area contributed by atoms with E-state index in [0.29, 0.717) is 0 Å². The Morgan fingerprint density at radius 2 is 0.750 bits per heavy atom. The van der Waals surface area contributed by atoms with Crippen LogP contribution in [0.2, 0.25) is 0 Å². The zero-order valence-electron chi connectivity index (χ0n) is 11.1. The summed E-state index contributed by atoms with van der Waals surface area (Å²) in [7, 11) is -1.75. The van der Waals surface area contributed by atoms with Crippen molar-refractivity contribution in [2.24, 2.45) is 0 Å². The van der Waals surface area contributed by atoms with Crippen molar-refractivity contribution in [1.82, 2.24) is 9.80 Å². The molecule has 0 aliphatic rings. The van der Waals surface area contributed by atoms with Crippen molar-refractivity contribution >= 4 is 56.2 Å². The topological polar surface area (TPSA) is 156 Å². The number of thiocarbonyl (C=S) groups is 2. The molecule has 0 aromatic rings. The van der Waals surface area contributed by atoms with Crippen LogP contribution in [0.25, 0.3) is 0 Å². The zero-order valence-corrected chi connectivity index (χ0v) is 14.4. The Hall–Kier alpha value is -0.480. The second-order valence-electron chi connectivity index (χ2n) is 3.03. The largest absolute Gasteiger partial charge is 0.394 e. The van der Waals surface area contributed by atoms with Crippen LogP contribution in [0.15, 0.2) is 0 Å². The molecule has 0 aromatic carbocycles. The van der Waals surface area contributed by atoms with Gasteiger partial charge in [0.15, 0.2) is 0 Å². The summed E-state index contributed by atoms with van der Waals surface area (Å²) in [6, 6.07) is 0. The molecule has 0 spiro atoms. The molecule has 0 atom stereocenters.